The summed E-state index contributed by atoms with van der Waals surface area (Å²) in [7, 11) is 0. The number of hydrogen-bond acceptors (Lipinski definition) is 4. The van der Waals surface area contributed by atoms with Gasteiger partial charge in [0.05, 0.1) is 0 Å². The average molecular weight is 287 g/mol. The fraction of sp³-hybridized carbons (Fsp3) is 0.214. The van der Waals surface area contributed by atoms with Crippen molar-refractivity contribution in [2.75, 3.05) is 0 Å². The normalized spacial score (nSPS) is 20.6. The third kappa shape index (κ3) is 2.23. The fourth-order valence-electron chi connectivity index (χ4n) is 2.17. The van der Waals surface area contributed by atoms with E-state index in [1.165, 1.54) is 21.3 Å². The van der Waals surface area contributed by atoms with Gasteiger partial charge in [0.15, 0.2) is 5.11 Å². The molecule has 5 nitrogen and oxygen atoms in total. The summed E-state index contributed by atoms with van der Waals surface area (Å²) < 4.78 is 2.59. The second-order valence-electron chi connectivity index (χ2n) is 4.87. The summed E-state index contributed by atoms with van der Waals surface area (Å²) in [6.45, 7) is 0. The lowest BCUT2D eigenvalue weighted by Crippen LogP contribution is -2.35. The summed E-state index contributed by atoms with van der Waals surface area (Å²) >= 11 is 5.25. The van der Waals surface area contributed by atoms with E-state index >= 15 is 0 Å². The highest BCUT2D eigenvalue weighted by Gasteiger charge is 2.35. The highest BCUT2D eigenvalue weighted by Crippen LogP contribution is 2.38. The molecule has 1 saturated carbocycles. The van der Waals surface area contributed by atoms with Crippen molar-refractivity contribution in [2.45, 2.75) is 18.4 Å². The van der Waals surface area contributed by atoms with Gasteiger partial charge in [-0.3, -0.25) is 18.7 Å². The number of pyridine rings is 2. The molecule has 6 heteroatoms. The van der Waals surface area contributed by atoms with E-state index in [1.807, 2.05) is 0 Å². The van der Waals surface area contributed by atoms with Crippen LogP contribution in [0.2, 0.25) is 0 Å². The molecule has 102 valence electrons. The highest BCUT2D eigenvalue weighted by molar-refractivity contribution is 7.80. The van der Waals surface area contributed by atoms with E-state index in [4.69, 9.17) is 18.0 Å². The van der Waals surface area contributed by atoms with Crippen molar-refractivity contribution >= 4 is 17.3 Å². The molecule has 0 aliphatic heterocycles. The molecular formula is C14H13N3O2S. The van der Waals surface area contributed by atoms with E-state index in [1.54, 1.807) is 30.6 Å². The largest absolute Gasteiger partial charge is 0.327 e. The minimum absolute atomic E-state index is 0.147. The summed E-state index contributed by atoms with van der Waals surface area (Å²) in [5, 5.41) is 0.150. The van der Waals surface area contributed by atoms with Gasteiger partial charge < -0.3 is 5.73 Å². The van der Waals surface area contributed by atoms with Gasteiger partial charge in [-0.2, -0.15) is 0 Å². The van der Waals surface area contributed by atoms with Gasteiger partial charge >= 0.3 is 0 Å². The molecule has 2 N–H and O–H groups in total. The average Bonchev–Trinajstić information content (AvgIpc) is 3.16. The molecule has 0 bridgehead atoms. The van der Waals surface area contributed by atoms with Crippen LogP contribution in [0.4, 0.5) is 0 Å². The van der Waals surface area contributed by atoms with Crippen LogP contribution >= 0.6 is 12.2 Å². The molecule has 0 spiro atoms. The maximum absolute atomic E-state index is 12.0. The maximum Gasteiger partial charge on any atom is 0.256 e. The topological polar surface area (TPSA) is 70.0 Å². The van der Waals surface area contributed by atoms with Crippen molar-refractivity contribution < 1.29 is 0 Å². The summed E-state index contributed by atoms with van der Waals surface area (Å²) in [4.78, 5) is 23.7. The zero-order valence-corrected chi connectivity index (χ0v) is 11.4. The molecule has 3 rings (SSSR count). The smallest absolute Gasteiger partial charge is 0.256 e. The molecule has 0 saturated heterocycles. The van der Waals surface area contributed by atoms with Crippen LogP contribution in [0, 0.1) is 0 Å². The molecular weight excluding hydrogens is 274 g/mol. The Morgan fingerprint density at radius 1 is 1.15 bits per heavy atom. The molecule has 0 aromatic carbocycles. The molecule has 0 amide bonds. The molecule has 20 heavy (non-hydrogen) atoms. The van der Waals surface area contributed by atoms with Crippen molar-refractivity contribution in [1.82, 2.24) is 9.13 Å². The predicted molar refractivity (Wildman–Crippen MR) is 80.1 cm³/mol. The van der Waals surface area contributed by atoms with Gasteiger partial charge in [-0.15, -0.1) is 0 Å². The second-order valence-corrected chi connectivity index (χ2v) is 5.23. The lowest BCUT2D eigenvalue weighted by Gasteiger charge is -2.11. The van der Waals surface area contributed by atoms with E-state index in [-0.39, 0.29) is 28.2 Å². The maximum atomic E-state index is 12.0. The van der Waals surface area contributed by atoms with Gasteiger partial charge in [-0.1, -0.05) is 12.1 Å². The lowest BCUT2D eigenvalue weighted by atomic mass is 10.2. The van der Waals surface area contributed by atoms with Crippen molar-refractivity contribution in [1.29, 1.82) is 0 Å². The third-order valence-electron chi connectivity index (χ3n) is 3.44. The Bertz CT molecular complexity index is 793. The molecule has 2 unspecified atom stereocenters. The second kappa shape index (κ2) is 4.81. The number of hydrogen-bond donors (Lipinski definition) is 1. The van der Waals surface area contributed by atoms with Gasteiger partial charge in [-0.05, 0) is 30.3 Å². The predicted octanol–water partition coefficient (Wildman–Crippen LogP) is 0.506. The van der Waals surface area contributed by atoms with Crippen molar-refractivity contribution in [3.8, 4) is 0 Å². The van der Waals surface area contributed by atoms with E-state index < -0.39 is 0 Å². The molecule has 2 heterocycles. The number of rotatable bonds is 1. The Hall–Kier alpha value is -2.05. The fourth-order valence-corrected chi connectivity index (χ4v) is 2.47. The first-order chi connectivity index (χ1) is 9.58. The summed E-state index contributed by atoms with van der Waals surface area (Å²) in [5.41, 5.74) is 6.27. The zero-order valence-electron chi connectivity index (χ0n) is 10.6. The number of nitrogens with zero attached hydrogens (tertiary/aromatic N) is 2. The van der Waals surface area contributed by atoms with E-state index in [2.05, 4.69) is 0 Å². The highest BCUT2D eigenvalue weighted by atomic mass is 32.1. The summed E-state index contributed by atoms with van der Waals surface area (Å²) in [5.74, 6) is 0.275. The minimum atomic E-state index is -0.266. The van der Waals surface area contributed by atoms with E-state index in [0.29, 0.717) is 0 Å². The molecule has 1 aliphatic rings. The molecule has 2 atom stereocenters. The zero-order chi connectivity index (χ0) is 14.3. The molecule has 2 aromatic rings. The Kier molecular flexibility index (Phi) is 3.11. The quantitative estimate of drug-likeness (QED) is 0.776. The van der Waals surface area contributed by atoms with Crippen LogP contribution in [0.25, 0.3) is 0 Å². The van der Waals surface area contributed by atoms with E-state index in [9.17, 15) is 9.59 Å². The first-order valence-corrected chi connectivity index (χ1v) is 6.69. The van der Waals surface area contributed by atoms with Crippen LogP contribution in [-0.4, -0.2) is 20.3 Å². The molecule has 0 radical (unpaired) electrons. The standard InChI is InChI=1S/C14H13N3O2S/c15-11-7-10(11)9-4-5-13(19)17(8-9)14(20)16-6-2-1-3-12(16)18/h1-6,8,10-11H,7,15H2. The van der Waals surface area contributed by atoms with Gasteiger partial charge in [-0.25, -0.2) is 0 Å². The van der Waals surface area contributed by atoms with Crippen LogP contribution < -0.4 is 16.9 Å². The minimum Gasteiger partial charge on any atom is -0.327 e. The Morgan fingerprint density at radius 2 is 1.85 bits per heavy atom. The van der Waals surface area contributed by atoms with Crippen LogP contribution in [0.15, 0.2) is 52.3 Å². The van der Waals surface area contributed by atoms with Crippen LogP contribution in [0.5, 0.6) is 0 Å². The van der Waals surface area contributed by atoms with Crippen molar-refractivity contribution in [3.05, 3.63) is 69.0 Å². The first-order valence-electron chi connectivity index (χ1n) is 6.28. The van der Waals surface area contributed by atoms with Crippen LogP contribution in [-0.2, 0) is 0 Å². The number of aromatic nitrogens is 2. The SMILES string of the molecule is NC1CC1c1ccc(=O)n(C(=S)n2ccccc2=O)c1. The molecule has 2 aromatic heterocycles. The van der Waals surface area contributed by atoms with Gasteiger partial charge in [0, 0.05) is 36.5 Å². The van der Waals surface area contributed by atoms with Gasteiger partial charge in [0.25, 0.3) is 11.1 Å². The van der Waals surface area contributed by atoms with E-state index in [0.717, 1.165) is 12.0 Å². The van der Waals surface area contributed by atoms with Crippen LogP contribution in [0.3, 0.4) is 0 Å². The molecule has 1 aliphatic carbocycles. The lowest BCUT2D eigenvalue weighted by molar-refractivity contribution is 0.917. The van der Waals surface area contributed by atoms with Crippen molar-refractivity contribution in [2.24, 2.45) is 5.73 Å². The van der Waals surface area contributed by atoms with Crippen molar-refractivity contribution in [3.63, 3.8) is 0 Å². The van der Waals surface area contributed by atoms with Crippen LogP contribution in [0.1, 0.15) is 17.9 Å². The van der Waals surface area contributed by atoms with Gasteiger partial charge in [0.1, 0.15) is 0 Å². The Balaban J connectivity index is 2.06. The molecule has 1 fully saturated rings. The summed E-state index contributed by atoms with van der Waals surface area (Å²) in [6.07, 6.45) is 4.14. The number of thiocarbonyl (C=S) groups is 1. The first kappa shape index (κ1) is 13.0. The number of nitrogens with two attached hydrogens (primary N) is 1. The van der Waals surface area contributed by atoms with Gasteiger partial charge in [0.2, 0.25) is 0 Å². The summed E-state index contributed by atoms with van der Waals surface area (Å²) in [6, 6.07) is 8.10. The third-order valence-corrected chi connectivity index (χ3v) is 3.83. The Morgan fingerprint density at radius 3 is 2.50 bits per heavy atom. The monoisotopic (exact) mass is 287 g/mol. The Labute approximate surface area is 120 Å².